The Labute approximate surface area is 167 Å². The van der Waals surface area contributed by atoms with Crippen molar-refractivity contribution in [2.45, 2.75) is 19.4 Å². The van der Waals surface area contributed by atoms with Crippen molar-refractivity contribution in [1.82, 2.24) is 0 Å². The lowest BCUT2D eigenvalue weighted by molar-refractivity contribution is -0.118. The molecule has 1 N–H and O–H groups in total. The summed E-state index contributed by atoms with van der Waals surface area (Å²) in [5, 5.41) is 13.1. The third-order valence-electron chi connectivity index (χ3n) is 5.05. The molecule has 5 heteroatoms. The van der Waals surface area contributed by atoms with E-state index in [1.54, 1.807) is 31.2 Å². The van der Waals surface area contributed by atoms with Gasteiger partial charge in [-0.2, -0.15) is 0 Å². The number of halogens is 1. The first-order valence-electron chi connectivity index (χ1n) is 9.06. The van der Waals surface area contributed by atoms with Crippen molar-refractivity contribution in [2.75, 3.05) is 4.90 Å². The maximum Gasteiger partial charge on any atom is 0.294 e. The first kappa shape index (κ1) is 18.3. The van der Waals surface area contributed by atoms with Crippen LogP contribution in [0.15, 0.2) is 78.1 Å². The van der Waals surface area contributed by atoms with Crippen LogP contribution in [-0.4, -0.2) is 16.8 Å². The summed E-state index contributed by atoms with van der Waals surface area (Å²) >= 11 is 6.00. The molecule has 0 fully saturated rings. The molecule has 3 aromatic rings. The number of aliphatic hydroxyl groups excluding tert-OH is 1. The van der Waals surface area contributed by atoms with Gasteiger partial charge in [-0.25, -0.2) is 0 Å². The number of carbonyl (C=O) groups excluding carboxylic acids is 2. The van der Waals surface area contributed by atoms with Crippen molar-refractivity contribution in [1.29, 1.82) is 0 Å². The molecule has 1 atom stereocenters. The number of benzene rings is 3. The second-order valence-corrected chi connectivity index (χ2v) is 7.10. The van der Waals surface area contributed by atoms with E-state index in [1.807, 2.05) is 42.5 Å². The van der Waals surface area contributed by atoms with E-state index < -0.39 is 17.7 Å². The highest BCUT2D eigenvalue weighted by Crippen LogP contribution is 2.43. The average molecular weight is 392 g/mol. The van der Waals surface area contributed by atoms with Crippen molar-refractivity contribution in [3.8, 4) is 0 Å². The highest BCUT2D eigenvalue weighted by atomic mass is 35.5. The molecule has 1 heterocycles. The predicted octanol–water partition coefficient (Wildman–Crippen LogP) is 5.37. The van der Waals surface area contributed by atoms with E-state index >= 15 is 0 Å². The normalized spacial score (nSPS) is 16.9. The summed E-state index contributed by atoms with van der Waals surface area (Å²) in [6.45, 7) is 1.72. The number of fused-ring (bicyclic) bond motifs is 1. The van der Waals surface area contributed by atoms with Gasteiger partial charge in [-0.15, -0.1) is 0 Å². The smallest absolute Gasteiger partial charge is 0.294 e. The molecular weight excluding hydrogens is 374 g/mol. The molecule has 1 aliphatic rings. The number of hydrogen-bond acceptors (Lipinski definition) is 3. The molecule has 0 aromatic heterocycles. The zero-order valence-electron chi connectivity index (χ0n) is 15.2. The van der Waals surface area contributed by atoms with Gasteiger partial charge in [0.15, 0.2) is 11.5 Å². The number of anilines is 1. The van der Waals surface area contributed by atoms with Crippen molar-refractivity contribution >= 4 is 39.8 Å². The zero-order chi connectivity index (χ0) is 19.8. The maximum absolute atomic E-state index is 13.0. The van der Waals surface area contributed by atoms with Gasteiger partial charge >= 0.3 is 0 Å². The Balaban J connectivity index is 1.98. The van der Waals surface area contributed by atoms with Gasteiger partial charge in [-0.3, -0.25) is 14.5 Å². The van der Waals surface area contributed by atoms with E-state index in [4.69, 9.17) is 11.6 Å². The topological polar surface area (TPSA) is 57.6 Å². The molecule has 0 saturated carbocycles. The number of carbonyl (C=O) groups is 2. The number of Topliss-reactive ketones (excluding diaryl/α,β-unsaturated/α-hetero) is 1. The molecule has 3 aromatic carbocycles. The average Bonchev–Trinajstić information content (AvgIpc) is 2.98. The summed E-state index contributed by atoms with van der Waals surface area (Å²) < 4.78 is 0. The fourth-order valence-corrected chi connectivity index (χ4v) is 3.86. The second kappa shape index (κ2) is 7.13. The van der Waals surface area contributed by atoms with E-state index in [9.17, 15) is 14.7 Å². The number of amides is 1. The summed E-state index contributed by atoms with van der Waals surface area (Å²) in [6, 6.07) is 19.6. The lowest BCUT2D eigenvalue weighted by atomic mass is 9.91. The van der Waals surface area contributed by atoms with Gasteiger partial charge in [0.05, 0.1) is 11.6 Å². The summed E-state index contributed by atoms with van der Waals surface area (Å²) in [6.07, 6.45) is 0.197. The molecule has 4 nitrogen and oxygen atoms in total. The molecule has 0 radical (unpaired) electrons. The molecule has 140 valence electrons. The first-order chi connectivity index (χ1) is 13.5. The van der Waals surface area contributed by atoms with Crippen LogP contribution in [0.25, 0.3) is 10.8 Å². The van der Waals surface area contributed by atoms with Crippen molar-refractivity contribution in [2.24, 2.45) is 0 Å². The Morgan fingerprint density at radius 3 is 2.43 bits per heavy atom. The Kier molecular flexibility index (Phi) is 4.65. The summed E-state index contributed by atoms with van der Waals surface area (Å²) in [5.41, 5.74) is 1.50. The predicted molar refractivity (Wildman–Crippen MR) is 111 cm³/mol. The molecule has 1 amide bonds. The lowest BCUT2D eigenvalue weighted by Gasteiger charge is -2.28. The minimum Gasteiger partial charge on any atom is -0.503 e. The monoisotopic (exact) mass is 391 g/mol. The quantitative estimate of drug-likeness (QED) is 0.650. The number of nitrogens with zero attached hydrogens (tertiary/aromatic N) is 1. The molecule has 0 spiro atoms. The number of rotatable bonds is 4. The van der Waals surface area contributed by atoms with Crippen LogP contribution in [0.5, 0.6) is 0 Å². The minimum atomic E-state index is -0.702. The van der Waals surface area contributed by atoms with E-state index in [0.717, 1.165) is 16.3 Å². The van der Waals surface area contributed by atoms with Gasteiger partial charge in [0, 0.05) is 17.1 Å². The van der Waals surface area contributed by atoms with Gasteiger partial charge in [0.1, 0.15) is 0 Å². The van der Waals surface area contributed by atoms with Crippen LogP contribution >= 0.6 is 11.6 Å². The highest BCUT2D eigenvalue weighted by Gasteiger charge is 2.44. The molecule has 1 unspecified atom stereocenters. The van der Waals surface area contributed by atoms with E-state index in [2.05, 4.69) is 0 Å². The maximum atomic E-state index is 13.0. The fraction of sp³-hybridized carbons (Fsp3) is 0.130. The molecular formula is C23H18ClNO3. The summed E-state index contributed by atoms with van der Waals surface area (Å²) in [5.74, 6) is -1.32. The molecule has 0 bridgehead atoms. The first-order valence-corrected chi connectivity index (χ1v) is 9.43. The van der Waals surface area contributed by atoms with Crippen LogP contribution in [0.2, 0.25) is 5.02 Å². The largest absolute Gasteiger partial charge is 0.503 e. The van der Waals surface area contributed by atoms with E-state index in [1.165, 1.54) is 4.90 Å². The Bertz CT molecular complexity index is 1110. The van der Waals surface area contributed by atoms with Crippen LogP contribution in [0, 0.1) is 0 Å². The molecule has 1 aliphatic heterocycles. The fourth-order valence-electron chi connectivity index (χ4n) is 3.73. The Hall–Kier alpha value is -3.11. The Morgan fingerprint density at radius 1 is 1.04 bits per heavy atom. The standard InChI is InChI=1S/C23H18ClNO3/c1-2-19(26)20-21(18-9-5-7-14-6-3-4-8-17(14)18)25(23(28)22(20)27)16-12-10-15(24)11-13-16/h3-13,21,27H,2H2,1H3. The summed E-state index contributed by atoms with van der Waals surface area (Å²) in [7, 11) is 0. The van der Waals surface area contributed by atoms with Crippen LogP contribution in [0.3, 0.4) is 0 Å². The van der Waals surface area contributed by atoms with Gasteiger partial charge in [-0.05, 0) is 40.6 Å². The third-order valence-corrected chi connectivity index (χ3v) is 5.30. The number of hydrogen-bond donors (Lipinski definition) is 1. The molecule has 4 rings (SSSR count). The second-order valence-electron chi connectivity index (χ2n) is 6.66. The van der Waals surface area contributed by atoms with Gasteiger partial charge in [-0.1, -0.05) is 61.0 Å². The van der Waals surface area contributed by atoms with Crippen molar-refractivity contribution < 1.29 is 14.7 Å². The SMILES string of the molecule is CCC(=O)C1=C(O)C(=O)N(c2ccc(Cl)cc2)C1c1cccc2ccccc12. The zero-order valence-corrected chi connectivity index (χ0v) is 16.0. The molecule has 28 heavy (non-hydrogen) atoms. The molecule has 0 saturated heterocycles. The van der Waals surface area contributed by atoms with E-state index in [-0.39, 0.29) is 17.8 Å². The van der Waals surface area contributed by atoms with Crippen LogP contribution in [-0.2, 0) is 9.59 Å². The van der Waals surface area contributed by atoms with Gasteiger partial charge in [0.2, 0.25) is 0 Å². The minimum absolute atomic E-state index is 0.138. The Morgan fingerprint density at radius 2 is 1.71 bits per heavy atom. The number of ketones is 1. The summed E-state index contributed by atoms with van der Waals surface area (Å²) in [4.78, 5) is 27.1. The highest BCUT2D eigenvalue weighted by molar-refractivity contribution is 6.30. The van der Waals surface area contributed by atoms with Crippen LogP contribution < -0.4 is 4.90 Å². The van der Waals surface area contributed by atoms with Crippen molar-refractivity contribution in [3.63, 3.8) is 0 Å². The van der Waals surface area contributed by atoms with E-state index in [0.29, 0.717) is 10.7 Å². The van der Waals surface area contributed by atoms with Crippen LogP contribution in [0.4, 0.5) is 5.69 Å². The lowest BCUT2D eigenvalue weighted by Crippen LogP contribution is -2.31. The van der Waals surface area contributed by atoms with Crippen LogP contribution in [0.1, 0.15) is 24.9 Å². The number of aliphatic hydroxyl groups is 1. The van der Waals surface area contributed by atoms with Gasteiger partial charge < -0.3 is 5.11 Å². The van der Waals surface area contributed by atoms with Gasteiger partial charge in [0.25, 0.3) is 5.91 Å². The molecule has 0 aliphatic carbocycles. The van der Waals surface area contributed by atoms with Crippen molar-refractivity contribution in [3.05, 3.63) is 88.6 Å². The third kappa shape index (κ3) is 2.86.